The lowest BCUT2D eigenvalue weighted by molar-refractivity contribution is -0.385. The van der Waals surface area contributed by atoms with Crippen molar-refractivity contribution in [2.75, 3.05) is 0 Å². The molecule has 0 aliphatic heterocycles. The minimum atomic E-state index is -0.496. The van der Waals surface area contributed by atoms with Crippen LogP contribution in [-0.4, -0.2) is 9.85 Å². The molecule has 34 heavy (non-hydrogen) atoms. The highest BCUT2D eigenvalue weighted by atomic mass is 16.6. The van der Waals surface area contributed by atoms with Crippen molar-refractivity contribution in [3.8, 4) is 11.8 Å². The van der Waals surface area contributed by atoms with Crippen LogP contribution in [0.25, 0.3) is 22.4 Å². The number of nitro benzene ring substituents is 2. The summed E-state index contributed by atoms with van der Waals surface area (Å²) in [5.74, 6) is 0.500. The van der Waals surface area contributed by atoms with Crippen molar-refractivity contribution in [2.45, 2.75) is 6.61 Å². The Morgan fingerprint density at radius 1 is 0.882 bits per heavy atom. The van der Waals surface area contributed by atoms with Gasteiger partial charge in [0.15, 0.2) is 0 Å². The number of hydrogen-bond donors (Lipinski definition) is 0. The molecule has 0 aliphatic rings. The number of allylic oxidation sites excluding steroid dienone is 1. The number of nitriles is 1. The Balaban J connectivity index is 1.75. The lowest BCUT2D eigenvalue weighted by Crippen LogP contribution is -1.99. The number of non-ortho nitro benzene ring substituents is 2. The van der Waals surface area contributed by atoms with Crippen LogP contribution in [0, 0.1) is 31.6 Å². The van der Waals surface area contributed by atoms with Crippen LogP contribution in [0.3, 0.4) is 0 Å². The normalized spacial score (nSPS) is 11.1. The fourth-order valence-corrected chi connectivity index (χ4v) is 3.56. The molecule has 4 aromatic rings. The first-order valence-corrected chi connectivity index (χ1v) is 10.2. The van der Waals surface area contributed by atoms with Gasteiger partial charge in [-0.25, -0.2) is 0 Å². The van der Waals surface area contributed by atoms with Crippen LogP contribution in [-0.2, 0) is 6.61 Å². The van der Waals surface area contributed by atoms with Gasteiger partial charge in [0.05, 0.1) is 21.5 Å². The average Bonchev–Trinajstić information content (AvgIpc) is 2.86. The number of rotatable bonds is 7. The molecule has 0 aliphatic carbocycles. The van der Waals surface area contributed by atoms with E-state index in [4.69, 9.17) is 4.74 Å². The Bertz CT molecular complexity index is 1470. The Morgan fingerprint density at radius 3 is 2.32 bits per heavy atom. The molecular formula is C26H17N3O5. The van der Waals surface area contributed by atoms with E-state index in [-0.39, 0.29) is 18.0 Å². The second-order valence-corrected chi connectivity index (χ2v) is 7.39. The molecular weight excluding hydrogens is 434 g/mol. The molecule has 166 valence electrons. The van der Waals surface area contributed by atoms with Gasteiger partial charge >= 0.3 is 0 Å². The number of fused-ring (bicyclic) bond motifs is 1. The smallest absolute Gasteiger partial charge is 0.269 e. The van der Waals surface area contributed by atoms with Crippen LogP contribution in [0.4, 0.5) is 11.4 Å². The first kappa shape index (κ1) is 22.2. The van der Waals surface area contributed by atoms with E-state index in [0.29, 0.717) is 28.0 Å². The number of benzene rings is 4. The molecule has 8 heteroatoms. The molecule has 0 heterocycles. The Labute approximate surface area is 194 Å². The maximum absolute atomic E-state index is 11.1. The third-order valence-electron chi connectivity index (χ3n) is 5.24. The Kier molecular flexibility index (Phi) is 6.28. The summed E-state index contributed by atoms with van der Waals surface area (Å²) in [5, 5.41) is 33.6. The van der Waals surface area contributed by atoms with Crippen LogP contribution < -0.4 is 4.74 Å². The Morgan fingerprint density at radius 2 is 1.62 bits per heavy atom. The zero-order chi connectivity index (χ0) is 24.1. The third-order valence-corrected chi connectivity index (χ3v) is 5.24. The van der Waals surface area contributed by atoms with Crippen molar-refractivity contribution >= 4 is 33.8 Å². The van der Waals surface area contributed by atoms with Gasteiger partial charge in [-0.1, -0.05) is 42.5 Å². The molecule has 0 unspecified atom stereocenters. The minimum absolute atomic E-state index is 0.0235. The molecule has 0 amide bonds. The number of ether oxygens (including phenoxy) is 1. The zero-order valence-electron chi connectivity index (χ0n) is 17.8. The van der Waals surface area contributed by atoms with Crippen LogP contribution in [0.15, 0.2) is 84.9 Å². The highest BCUT2D eigenvalue weighted by Gasteiger charge is 2.12. The number of nitro groups is 2. The molecule has 4 aromatic carbocycles. The summed E-state index contributed by atoms with van der Waals surface area (Å²) in [7, 11) is 0. The third kappa shape index (κ3) is 4.74. The fraction of sp³-hybridized carbons (Fsp3) is 0.0385. The van der Waals surface area contributed by atoms with Crippen LogP contribution >= 0.6 is 0 Å². The van der Waals surface area contributed by atoms with Crippen LogP contribution in [0.1, 0.15) is 16.7 Å². The topological polar surface area (TPSA) is 119 Å². The summed E-state index contributed by atoms with van der Waals surface area (Å²) < 4.78 is 6.03. The summed E-state index contributed by atoms with van der Waals surface area (Å²) in [6, 6.07) is 25.4. The van der Waals surface area contributed by atoms with Gasteiger partial charge in [0, 0.05) is 29.8 Å². The summed E-state index contributed by atoms with van der Waals surface area (Å²) in [4.78, 5) is 21.1. The molecule has 8 nitrogen and oxygen atoms in total. The van der Waals surface area contributed by atoms with E-state index in [9.17, 15) is 25.5 Å². The van der Waals surface area contributed by atoms with E-state index in [1.807, 2.05) is 30.3 Å². The van der Waals surface area contributed by atoms with E-state index in [1.54, 1.807) is 24.3 Å². The van der Waals surface area contributed by atoms with Crippen molar-refractivity contribution in [3.05, 3.63) is 122 Å². The molecule has 0 spiro atoms. The molecule has 0 N–H and O–H groups in total. The molecule has 0 saturated carbocycles. The molecule has 0 radical (unpaired) electrons. The van der Waals surface area contributed by atoms with Gasteiger partial charge in [0.25, 0.3) is 11.4 Å². The quantitative estimate of drug-likeness (QED) is 0.141. The predicted molar refractivity (Wildman–Crippen MR) is 128 cm³/mol. The minimum Gasteiger partial charge on any atom is -0.488 e. The SMILES string of the molecule is N#C/C(=C/c1c(OCc2cccc([N+](=O)[O-])c2)ccc2ccccc12)c1ccc([N+](=O)[O-])cc1. The van der Waals surface area contributed by atoms with E-state index in [1.165, 1.54) is 36.4 Å². The fourth-order valence-electron chi connectivity index (χ4n) is 3.56. The van der Waals surface area contributed by atoms with Crippen molar-refractivity contribution in [2.24, 2.45) is 0 Å². The average molecular weight is 451 g/mol. The van der Waals surface area contributed by atoms with Crippen molar-refractivity contribution in [1.29, 1.82) is 5.26 Å². The van der Waals surface area contributed by atoms with Gasteiger partial charge in [0.2, 0.25) is 0 Å². The van der Waals surface area contributed by atoms with Gasteiger partial charge < -0.3 is 4.74 Å². The van der Waals surface area contributed by atoms with Crippen LogP contribution in [0.2, 0.25) is 0 Å². The van der Waals surface area contributed by atoms with Gasteiger partial charge in [-0.2, -0.15) is 5.26 Å². The second-order valence-electron chi connectivity index (χ2n) is 7.39. The highest BCUT2D eigenvalue weighted by Crippen LogP contribution is 2.33. The standard InChI is InChI=1S/C26H17N3O5/c27-16-21(19-8-11-22(12-9-19)28(30)31)15-25-24-7-2-1-5-20(24)10-13-26(25)34-17-18-4-3-6-23(14-18)29(32)33/h1-15H,17H2/b21-15-. The largest absolute Gasteiger partial charge is 0.488 e. The second kappa shape index (κ2) is 9.63. The van der Waals surface area contributed by atoms with E-state index in [2.05, 4.69) is 6.07 Å². The van der Waals surface area contributed by atoms with Crippen molar-refractivity contribution in [1.82, 2.24) is 0 Å². The van der Waals surface area contributed by atoms with Crippen LogP contribution in [0.5, 0.6) is 5.75 Å². The summed E-state index contributed by atoms with van der Waals surface area (Å²) in [6.45, 7) is 0.0975. The number of hydrogen-bond acceptors (Lipinski definition) is 6. The molecule has 0 bridgehead atoms. The first-order chi connectivity index (χ1) is 16.5. The van der Waals surface area contributed by atoms with E-state index < -0.39 is 9.85 Å². The lowest BCUT2D eigenvalue weighted by Gasteiger charge is -2.13. The lowest BCUT2D eigenvalue weighted by atomic mass is 9.98. The molecule has 0 aromatic heterocycles. The highest BCUT2D eigenvalue weighted by molar-refractivity contribution is 6.00. The molecule has 0 saturated heterocycles. The van der Waals surface area contributed by atoms with Gasteiger partial charge in [-0.15, -0.1) is 0 Å². The molecule has 0 fully saturated rings. The Hall–Kier alpha value is -5.03. The van der Waals surface area contributed by atoms with Crippen molar-refractivity contribution in [3.63, 3.8) is 0 Å². The van der Waals surface area contributed by atoms with Gasteiger partial charge in [-0.05, 0) is 46.2 Å². The first-order valence-electron chi connectivity index (χ1n) is 10.2. The van der Waals surface area contributed by atoms with E-state index >= 15 is 0 Å². The summed E-state index contributed by atoms with van der Waals surface area (Å²) in [5.41, 5.74) is 2.06. The monoisotopic (exact) mass is 451 g/mol. The maximum atomic E-state index is 11.1. The summed E-state index contributed by atoms with van der Waals surface area (Å²) >= 11 is 0. The predicted octanol–water partition coefficient (Wildman–Crippen LogP) is 6.30. The zero-order valence-corrected chi connectivity index (χ0v) is 17.8. The maximum Gasteiger partial charge on any atom is 0.269 e. The molecule has 0 atom stereocenters. The van der Waals surface area contributed by atoms with E-state index in [0.717, 1.165) is 10.8 Å². The number of nitrogens with zero attached hydrogens (tertiary/aromatic N) is 3. The van der Waals surface area contributed by atoms with Gasteiger partial charge in [-0.3, -0.25) is 20.2 Å². The summed E-state index contributed by atoms with van der Waals surface area (Å²) in [6.07, 6.45) is 1.69. The van der Waals surface area contributed by atoms with Crippen molar-refractivity contribution < 1.29 is 14.6 Å². The molecule has 4 rings (SSSR count). The van der Waals surface area contributed by atoms with Gasteiger partial charge in [0.1, 0.15) is 12.4 Å².